The first-order chi connectivity index (χ1) is 16.5. The molecule has 0 saturated carbocycles. The van der Waals surface area contributed by atoms with Crippen LogP contribution < -0.4 is 0 Å². The fourth-order valence-electron chi connectivity index (χ4n) is 3.68. The maximum absolute atomic E-state index is 12.3. The molecule has 3 aromatic carbocycles. The highest BCUT2D eigenvalue weighted by Gasteiger charge is 2.26. The average Bonchev–Trinajstić information content (AvgIpc) is 3.37. The number of ether oxygens (including phenoxy) is 2. The Hall–Kier alpha value is -4.58. The molecular weight excluding hydrogens is 428 g/mol. The van der Waals surface area contributed by atoms with Gasteiger partial charge in [-0.1, -0.05) is 60.7 Å². The molecule has 0 saturated heterocycles. The molecular formula is C28H20N2O4. The van der Waals surface area contributed by atoms with Gasteiger partial charge in [-0.2, -0.15) is 0 Å². The normalized spacial score (nSPS) is 17.6. The quantitative estimate of drug-likeness (QED) is 0.416. The standard InChI is InChI=1S/C28H20N2O4/c1-17-7-3-5-9-21(17)25-29-23(27(31)33-25)15-19-11-13-20(14-12-19)16-24-28(32)34-26(30-24)22-10-6-4-8-18(22)2/h3-16H,1-2H3. The number of hydrogen-bond donors (Lipinski definition) is 0. The van der Waals surface area contributed by atoms with Crippen LogP contribution in [0.2, 0.25) is 0 Å². The lowest BCUT2D eigenvalue weighted by Gasteiger charge is -2.02. The molecule has 0 atom stereocenters. The van der Waals surface area contributed by atoms with E-state index < -0.39 is 11.9 Å². The second-order valence-electron chi connectivity index (χ2n) is 7.97. The van der Waals surface area contributed by atoms with Gasteiger partial charge in [-0.25, -0.2) is 19.6 Å². The first kappa shape index (κ1) is 21.3. The number of carbonyl (C=O) groups excluding carboxylic acids is 2. The molecule has 34 heavy (non-hydrogen) atoms. The summed E-state index contributed by atoms with van der Waals surface area (Å²) in [4.78, 5) is 33.3. The lowest BCUT2D eigenvalue weighted by atomic mass is 10.1. The van der Waals surface area contributed by atoms with Gasteiger partial charge in [-0.05, 0) is 60.4 Å². The summed E-state index contributed by atoms with van der Waals surface area (Å²) >= 11 is 0. The highest BCUT2D eigenvalue weighted by atomic mass is 16.6. The molecule has 6 heteroatoms. The van der Waals surface area contributed by atoms with E-state index >= 15 is 0 Å². The van der Waals surface area contributed by atoms with Gasteiger partial charge < -0.3 is 9.47 Å². The van der Waals surface area contributed by atoms with Crippen LogP contribution in [0.4, 0.5) is 0 Å². The Morgan fingerprint density at radius 3 is 1.35 bits per heavy atom. The highest BCUT2D eigenvalue weighted by Crippen LogP contribution is 2.23. The number of nitrogens with zero attached hydrogens (tertiary/aromatic N) is 2. The van der Waals surface area contributed by atoms with Gasteiger partial charge in [0.1, 0.15) is 0 Å². The molecule has 5 rings (SSSR count). The van der Waals surface area contributed by atoms with Crippen LogP contribution in [-0.2, 0) is 19.1 Å². The van der Waals surface area contributed by atoms with Crippen molar-refractivity contribution in [2.75, 3.05) is 0 Å². The number of benzene rings is 3. The molecule has 0 amide bonds. The van der Waals surface area contributed by atoms with E-state index in [2.05, 4.69) is 9.98 Å². The Kier molecular flexibility index (Phi) is 5.47. The molecule has 3 aromatic rings. The van der Waals surface area contributed by atoms with Crippen molar-refractivity contribution in [2.45, 2.75) is 13.8 Å². The van der Waals surface area contributed by atoms with E-state index in [0.717, 1.165) is 33.4 Å². The molecule has 0 N–H and O–H groups in total. The number of hydrogen-bond acceptors (Lipinski definition) is 6. The van der Waals surface area contributed by atoms with Crippen molar-refractivity contribution in [2.24, 2.45) is 9.98 Å². The number of cyclic esters (lactones) is 2. The molecule has 6 nitrogen and oxygen atoms in total. The Morgan fingerprint density at radius 2 is 0.971 bits per heavy atom. The molecule has 0 unspecified atom stereocenters. The van der Waals surface area contributed by atoms with Crippen LogP contribution in [0.5, 0.6) is 0 Å². The van der Waals surface area contributed by atoms with E-state index in [4.69, 9.17) is 9.47 Å². The molecule has 166 valence electrons. The zero-order valence-electron chi connectivity index (χ0n) is 18.6. The zero-order chi connectivity index (χ0) is 23.7. The molecule has 0 aromatic heterocycles. The van der Waals surface area contributed by atoms with Crippen molar-refractivity contribution in [3.8, 4) is 0 Å². The minimum absolute atomic E-state index is 0.233. The first-order valence-corrected chi connectivity index (χ1v) is 10.7. The largest absolute Gasteiger partial charge is 0.402 e. The van der Waals surface area contributed by atoms with Gasteiger partial charge in [-0.3, -0.25) is 0 Å². The molecule has 2 aliphatic rings. The van der Waals surface area contributed by atoms with E-state index in [-0.39, 0.29) is 11.4 Å². The minimum atomic E-state index is -0.490. The second kappa shape index (κ2) is 8.75. The van der Waals surface area contributed by atoms with Crippen molar-refractivity contribution in [3.63, 3.8) is 0 Å². The lowest BCUT2D eigenvalue weighted by molar-refractivity contribution is -0.130. The van der Waals surface area contributed by atoms with E-state index in [1.165, 1.54) is 0 Å². The summed E-state index contributed by atoms with van der Waals surface area (Å²) in [5.74, 6) is -0.372. The van der Waals surface area contributed by atoms with Crippen molar-refractivity contribution >= 4 is 35.9 Å². The maximum atomic E-state index is 12.3. The van der Waals surface area contributed by atoms with Crippen LogP contribution in [0, 0.1) is 13.8 Å². The van der Waals surface area contributed by atoms with Crippen LogP contribution in [0.15, 0.2) is 94.2 Å². The van der Waals surface area contributed by atoms with Crippen LogP contribution >= 0.6 is 0 Å². The summed E-state index contributed by atoms with van der Waals surface area (Å²) in [6.07, 6.45) is 3.34. The van der Waals surface area contributed by atoms with Gasteiger partial charge in [0.25, 0.3) is 0 Å². The van der Waals surface area contributed by atoms with E-state index in [0.29, 0.717) is 11.8 Å². The summed E-state index contributed by atoms with van der Waals surface area (Å²) in [5.41, 5.74) is 5.56. The molecule has 0 spiro atoms. The summed E-state index contributed by atoms with van der Waals surface area (Å²) in [6.45, 7) is 3.88. The molecule has 0 fully saturated rings. The maximum Gasteiger partial charge on any atom is 0.363 e. The van der Waals surface area contributed by atoms with E-state index in [1.54, 1.807) is 12.2 Å². The van der Waals surface area contributed by atoms with Gasteiger partial charge in [0.2, 0.25) is 11.8 Å². The molecule has 2 heterocycles. The third-order valence-corrected chi connectivity index (χ3v) is 5.54. The Bertz CT molecular complexity index is 1330. The van der Waals surface area contributed by atoms with Gasteiger partial charge in [0.15, 0.2) is 11.4 Å². The van der Waals surface area contributed by atoms with Crippen LogP contribution in [-0.4, -0.2) is 23.7 Å². The number of aliphatic imine (C=N–C) groups is 2. The predicted octanol–water partition coefficient (Wildman–Crippen LogP) is 4.99. The monoisotopic (exact) mass is 448 g/mol. The lowest BCUT2D eigenvalue weighted by Crippen LogP contribution is -2.06. The van der Waals surface area contributed by atoms with Crippen molar-refractivity contribution in [1.82, 2.24) is 0 Å². The third kappa shape index (κ3) is 4.21. The van der Waals surface area contributed by atoms with Crippen LogP contribution in [0.25, 0.3) is 12.2 Å². The van der Waals surface area contributed by atoms with Gasteiger partial charge in [0.05, 0.1) is 0 Å². The third-order valence-electron chi connectivity index (χ3n) is 5.54. The number of esters is 2. The van der Waals surface area contributed by atoms with E-state index in [9.17, 15) is 9.59 Å². The average molecular weight is 448 g/mol. The smallest absolute Gasteiger partial charge is 0.363 e. The predicted molar refractivity (Wildman–Crippen MR) is 130 cm³/mol. The van der Waals surface area contributed by atoms with E-state index in [1.807, 2.05) is 86.6 Å². The van der Waals surface area contributed by atoms with Crippen molar-refractivity contribution in [3.05, 3.63) is 118 Å². The minimum Gasteiger partial charge on any atom is -0.402 e. The van der Waals surface area contributed by atoms with Crippen molar-refractivity contribution in [1.29, 1.82) is 0 Å². The topological polar surface area (TPSA) is 77.3 Å². The Morgan fingerprint density at radius 1 is 0.588 bits per heavy atom. The van der Waals surface area contributed by atoms with Crippen LogP contribution in [0.1, 0.15) is 33.4 Å². The SMILES string of the molecule is Cc1ccccc1C1=NC(=Cc2ccc(C=C3N=C(c4ccccc4C)OC3=O)cc2)C(=O)O1. The number of aryl methyl sites for hydroxylation is 2. The number of carbonyl (C=O) groups is 2. The summed E-state index contributed by atoms with van der Waals surface area (Å²) in [6, 6.07) is 22.5. The fraction of sp³-hybridized carbons (Fsp3) is 0.0714. The molecule has 2 aliphatic heterocycles. The van der Waals surface area contributed by atoms with Gasteiger partial charge in [0, 0.05) is 11.1 Å². The fourth-order valence-corrected chi connectivity index (χ4v) is 3.68. The Labute approximate surface area is 196 Å². The molecule has 0 aliphatic carbocycles. The summed E-state index contributed by atoms with van der Waals surface area (Å²) in [5, 5.41) is 0. The van der Waals surface area contributed by atoms with Crippen molar-refractivity contribution < 1.29 is 19.1 Å². The van der Waals surface area contributed by atoms with Gasteiger partial charge >= 0.3 is 11.9 Å². The first-order valence-electron chi connectivity index (χ1n) is 10.7. The number of rotatable bonds is 4. The second-order valence-corrected chi connectivity index (χ2v) is 7.97. The molecule has 0 radical (unpaired) electrons. The van der Waals surface area contributed by atoms with Gasteiger partial charge in [-0.15, -0.1) is 0 Å². The highest BCUT2D eigenvalue weighted by molar-refractivity contribution is 6.14. The summed E-state index contributed by atoms with van der Waals surface area (Å²) < 4.78 is 10.7. The zero-order valence-corrected chi connectivity index (χ0v) is 18.6. The Balaban J connectivity index is 1.37. The summed E-state index contributed by atoms with van der Waals surface area (Å²) in [7, 11) is 0. The molecule has 0 bridgehead atoms. The van der Waals surface area contributed by atoms with Crippen LogP contribution in [0.3, 0.4) is 0 Å².